The first-order valence-electron chi connectivity index (χ1n) is 9.44. The Morgan fingerprint density at radius 1 is 1.15 bits per heavy atom. The van der Waals surface area contributed by atoms with Crippen molar-refractivity contribution in [3.8, 4) is 0 Å². The van der Waals surface area contributed by atoms with Crippen molar-refractivity contribution in [3.63, 3.8) is 0 Å². The van der Waals surface area contributed by atoms with Crippen LogP contribution in [0.1, 0.15) is 48.3 Å². The number of rotatable bonds is 5. The SMILES string of the molecule is CC1CN(Cc2ccc(C(=O)NC(C)c3ccccc3Br)cc2)CC(C)O1. The molecule has 5 heteroatoms. The lowest BCUT2D eigenvalue weighted by atomic mass is 10.1. The van der Waals surface area contributed by atoms with Crippen LogP contribution in [-0.4, -0.2) is 36.1 Å². The zero-order valence-electron chi connectivity index (χ0n) is 16.1. The molecule has 3 rings (SSSR count). The van der Waals surface area contributed by atoms with E-state index in [2.05, 4.69) is 40.0 Å². The van der Waals surface area contributed by atoms with Gasteiger partial charge in [0.1, 0.15) is 0 Å². The first kappa shape index (κ1) is 20.1. The van der Waals surface area contributed by atoms with Crippen LogP contribution in [0.2, 0.25) is 0 Å². The summed E-state index contributed by atoms with van der Waals surface area (Å²) in [5.41, 5.74) is 2.96. The van der Waals surface area contributed by atoms with E-state index < -0.39 is 0 Å². The summed E-state index contributed by atoms with van der Waals surface area (Å²) in [6.45, 7) is 8.98. The van der Waals surface area contributed by atoms with Crippen molar-refractivity contribution in [1.82, 2.24) is 10.2 Å². The fraction of sp³-hybridized carbons (Fsp3) is 0.409. The minimum absolute atomic E-state index is 0.0570. The molecule has 1 aliphatic rings. The van der Waals surface area contributed by atoms with E-state index in [0.29, 0.717) is 5.56 Å². The molecule has 1 amide bonds. The molecule has 1 heterocycles. The van der Waals surface area contributed by atoms with Gasteiger partial charge in [0.15, 0.2) is 0 Å². The number of carbonyl (C=O) groups excluding carboxylic acids is 1. The number of halogens is 1. The Hall–Kier alpha value is -1.69. The third kappa shape index (κ3) is 5.41. The molecule has 2 aromatic carbocycles. The summed E-state index contributed by atoms with van der Waals surface area (Å²) in [4.78, 5) is 15.0. The molecule has 1 saturated heterocycles. The van der Waals surface area contributed by atoms with Gasteiger partial charge in [-0.05, 0) is 50.1 Å². The Morgan fingerprint density at radius 3 is 2.41 bits per heavy atom. The predicted molar refractivity (Wildman–Crippen MR) is 112 cm³/mol. The summed E-state index contributed by atoms with van der Waals surface area (Å²) in [6, 6.07) is 15.8. The molecule has 0 aliphatic carbocycles. The zero-order valence-corrected chi connectivity index (χ0v) is 17.7. The van der Waals surface area contributed by atoms with Crippen molar-refractivity contribution in [2.24, 2.45) is 0 Å². The highest BCUT2D eigenvalue weighted by Gasteiger charge is 2.22. The van der Waals surface area contributed by atoms with Gasteiger partial charge in [-0.2, -0.15) is 0 Å². The van der Waals surface area contributed by atoms with Gasteiger partial charge in [0.25, 0.3) is 5.91 Å². The number of hydrogen-bond donors (Lipinski definition) is 1. The second-order valence-electron chi connectivity index (χ2n) is 7.36. The average molecular weight is 431 g/mol. The van der Waals surface area contributed by atoms with E-state index in [-0.39, 0.29) is 24.2 Å². The molecule has 1 N–H and O–H groups in total. The molecule has 1 fully saturated rings. The Kier molecular flexibility index (Phi) is 6.68. The molecule has 4 nitrogen and oxygen atoms in total. The normalized spacial score (nSPS) is 21.6. The van der Waals surface area contributed by atoms with Crippen molar-refractivity contribution in [1.29, 1.82) is 0 Å². The molecule has 0 saturated carbocycles. The second kappa shape index (κ2) is 9.00. The van der Waals surface area contributed by atoms with Crippen molar-refractivity contribution in [2.75, 3.05) is 13.1 Å². The first-order valence-corrected chi connectivity index (χ1v) is 10.2. The highest BCUT2D eigenvalue weighted by molar-refractivity contribution is 9.10. The maximum Gasteiger partial charge on any atom is 0.251 e. The first-order chi connectivity index (χ1) is 12.9. The summed E-state index contributed by atoms with van der Waals surface area (Å²) in [5.74, 6) is -0.0570. The number of nitrogens with one attached hydrogen (secondary N) is 1. The van der Waals surface area contributed by atoms with Crippen LogP contribution in [-0.2, 0) is 11.3 Å². The minimum Gasteiger partial charge on any atom is -0.373 e. The summed E-state index contributed by atoms with van der Waals surface area (Å²) in [7, 11) is 0. The molecule has 2 aromatic rings. The Bertz CT molecular complexity index is 768. The topological polar surface area (TPSA) is 41.6 Å². The standard InChI is InChI=1S/C22H27BrN2O2/c1-15-12-25(13-16(2)27-15)14-18-8-10-19(11-9-18)22(26)24-17(3)20-6-4-5-7-21(20)23/h4-11,15-17H,12-14H2,1-3H3,(H,24,26). The van der Waals surface area contributed by atoms with Crippen molar-refractivity contribution in [2.45, 2.75) is 45.6 Å². The van der Waals surface area contributed by atoms with Crippen LogP contribution in [0, 0.1) is 0 Å². The van der Waals surface area contributed by atoms with E-state index >= 15 is 0 Å². The van der Waals surface area contributed by atoms with Crippen molar-refractivity contribution in [3.05, 3.63) is 69.7 Å². The summed E-state index contributed by atoms with van der Waals surface area (Å²) in [5, 5.41) is 3.07. The third-order valence-corrected chi connectivity index (χ3v) is 5.56. The quantitative estimate of drug-likeness (QED) is 0.756. The fourth-order valence-electron chi connectivity index (χ4n) is 3.62. The van der Waals surface area contributed by atoms with Gasteiger partial charge in [-0.25, -0.2) is 0 Å². The van der Waals surface area contributed by atoms with Crippen LogP contribution in [0.15, 0.2) is 53.0 Å². The lowest BCUT2D eigenvalue weighted by Crippen LogP contribution is -2.44. The van der Waals surface area contributed by atoms with E-state index in [0.717, 1.165) is 29.7 Å². The van der Waals surface area contributed by atoms with Gasteiger partial charge in [0.05, 0.1) is 18.2 Å². The maximum atomic E-state index is 12.6. The highest BCUT2D eigenvalue weighted by atomic mass is 79.9. The second-order valence-corrected chi connectivity index (χ2v) is 8.22. The van der Waals surface area contributed by atoms with Gasteiger partial charge in [0.2, 0.25) is 0 Å². The number of nitrogens with zero attached hydrogens (tertiary/aromatic N) is 1. The molecule has 144 valence electrons. The molecule has 1 aliphatic heterocycles. The van der Waals surface area contributed by atoms with Crippen molar-refractivity contribution < 1.29 is 9.53 Å². The van der Waals surface area contributed by atoms with Gasteiger partial charge in [-0.3, -0.25) is 9.69 Å². The van der Waals surface area contributed by atoms with Gasteiger partial charge < -0.3 is 10.1 Å². The van der Waals surface area contributed by atoms with E-state index in [1.54, 1.807) is 0 Å². The molecule has 0 aromatic heterocycles. The van der Waals surface area contributed by atoms with Crippen LogP contribution < -0.4 is 5.32 Å². The monoisotopic (exact) mass is 430 g/mol. The number of amides is 1. The van der Waals surface area contributed by atoms with Crippen LogP contribution >= 0.6 is 15.9 Å². The fourth-order valence-corrected chi connectivity index (χ4v) is 4.25. The summed E-state index contributed by atoms with van der Waals surface area (Å²) < 4.78 is 6.79. The molecule has 0 bridgehead atoms. The zero-order chi connectivity index (χ0) is 19.4. The molecule has 0 radical (unpaired) electrons. The summed E-state index contributed by atoms with van der Waals surface area (Å²) in [6.07, 6.45) is 0.523. The Morgan fingerprint density at radius 2 is 1.78 bits per heavy atom. The number of carbonyl (C=O) groups is 1. The van der Waals surface area contributed by atoms with Gasteiger partial charge in [-0.15, -0.1) is 0 Å². The molecular weight excluding hydrogens is 404 g/mol. The average Bonchev–Trinajstić information content (AvgIpc) is 2.61. The van der Waals surface area contributed by atoms with Crippen LogP contribution in [0.4, 0.5) is 0 Å². The number of morpholine rings is 1. The Labute approximate surface area is 170 Å². The largest absolute Gasteiger partial charge is 0.373 e. The Balaban J connectivity index is 1.59. The smallest absolute Gasteiger partial charge is 0.251 e. The number of hydrogen-bond acceptors (Lipinski definition) is 3. The van der Waals surface area contributed by atoms with E-state index in [1.165, 1.54) is 5.56 Å². The van der Waals surface area contributed by atoms with Gasteiger partial charge in [0, 0.05) is 29.7 Å². The number of benzene rings is 2. The summed E-state index contributed by atoms with van der Waals surface area (Å²) >= 11 is 3.54. The van der Waals surface area contributed by atoms with Crippen LogP contribution in [0.3, 0.4) is 0 Å². The van der Waals surface area contributed by atoms with Crippen LogP contribution in [0.5, 0.6) is 0 Å². The van der Waals surface area contributed by atoms with E-state index in [1.807, 2.05) is 55.5 Å². The lowest BCUT2D eigenvalue weighted by molar-refractivity contribution is -0.0704. The molecule has 0 spiro atoms. The molecular formula is C22H27BrN2O2. The third-order valence-electron chi connectivity index (χ3n) is 4.84. The lowest BCUT2D eigenvalue weighted by Gasteiger charge is -2.35. The van der Waals surface area contributed by atoms with E-state index in [9.17, 15) is 4.79 Å². The number of ether oxygens (including phenoxy) is 1. The van der Waals surface area contributed by atoms with Gasteiger partial charge >= 0.3 is 0 Å². The van der Waals surface area contributed by atoms with Crippen molar-refractivity contribution >= 4 is 21.8 Å². The highest BCUT2D eigenvalue weighted by Crippen LogP contribution is 2.23. The molecule has 3 atom stereocenters. The van der Waals surface area contributed by atoms with Crippen LogP contribution in [0.25, 0.3) is 0 Å². The van der Waals surface area contributed by atoms with E-state index in [4.69, 9.17) is 4.74 Å². The predicted octanol–water partition coefficient (Wildman–Crippen LogP) is 4.55. The minimum atomic E-state index is -0.0657. The molecule has 27 heavy (non-hydrogen) atoms. The molecule has 3 unspecified atom stereocenters. The maximum absolute atomic E-state index is 12.6. The van der Waals surface area contributed by atoms with Gasteiger partial charge in [-0.1, -0.05) is 46.3 Å².